The summed E-state index contributed by atoms with van der Waals surface area (Å²) in [6.45, 7) is 2.74. The molecule has 2 N–H and O–H groups in total. The third-order valence-electron chi connectivity index (χ3n) is 4.22. The number of carbonyl (C=O) groups is 2. The van der Waals surface area contributed by atoms with E-state index < -0.39 is 11.9 Å². The highest BCUT2D eigenvalue weighted by molar-refractivity contribution is 7.98. The van der Waals surface area contributed by atoms with E-state index in [0.29, 0.717) is 18.9 Å². The van der Waals surface area contributed by atoms with Crippen molar-refractivity contribution in [3.8, 4) is 0 Å². The Kier molecular flexibility index (Phi) is 8.04. The van der Waals surface area contributed by atoms with Gasteiger partial charge in [0.05, 0.1) is 11.8 Å². The van der Waals surface area contributed by atoms with E-state index in [9.17, 15) is 14.7 Å². The summed E-state index contributed by atoms with van der Waals surface area (Å²) < 4.78 is 0. The average Bonchev–Trinajstić information content (AvgIpc) is 2.87. The molecule has 1 aliphatic carbocycles. The third-order valence-corrected chi connectivity index (χ3v) is 4.91. The normalized spacial score (nSPS) is 25.6. The minimum Gasteiger partial charge on any atom is -0.481 e. The summed E-state index contributed by atoms with van der Waals surface area (Å²) in [5.74, 6) is -0.150. The molecular formula is C15H27NO3S. The first kappa shape index (κ1) is 17.3. The topological polar surface area (TPSA) is 66.4 Å². The van der Waals surface area contributed by atoms with Crippen molar-refractivity contribution in [2.24, 2.45) is 17.8 Å². The van der Waals surface area contributed by atoms with Crippen molar-refractivity contribution in [1.82, 2.24) is 5.32 Å². The lowest BCUT2D eigenvalue weighted by molar-refractivity contribution is -0.146. The Bertz CT molecular complexity index is 322. The molecule has 5 heteroatoms. The summed E-state index contributed by atoms with van der Waals surface area (Å²) in [6.07, 6.45) is 7.71. The number of amides is 1. The monoisotopic (exact) mass is 301 g/mol. The summed E-state index contributed by atoms with van der Waals surface area (Å²) in [5, 5.41) is 12.2. The van der Waals surface area contributed by atoms with Crippen molar-refractivity contribution in [2.45, 2.75) is 45.4 Å². The van der Waals surface area contributed by atoms with E-state index in [4.69, 9.17) is 0 Å². The first-order valence-electron chi connectivity index (χ1n) is 7.59. The van der Waals surface area contributed by atoms with Gasteiger partial charge in [-0.3, -0.25) is 9.59 Å². The van der Waals surface area contributed by atoms with E-state index in [1.807, 2.05) is 11.8 Å². The second-order valence-electron chi connectivity index (χ2n) is 5.64. The fraction of sp³-hybridized carbons (Fsp3) is 0.867. The van der Waals surface area contributed by atoms with Gasteiger partial charge in [-0.25, -0.2) is 0 Å². The van der Waals surface area contributed by atoms with Crippen LogP contribution in [0, 0.1) is 17.8 Å². The Morgan fingerprint density at radius 2 is 1.90 bits per heavy atom. The summed E-state index contributed by atoms with van der Waals surface area (Å²) >= 11 is 1.84. The van der Waals surface area contributed by atoms with E-state index in [2.05, 4.69) is 18.5 Å². The molecule has 1 amide bonds. The molecule has 3 atom stereocenters. The van der Waals surface area contributed by atoms with Crippen LogP contribution in [0.15, 0.2) is 0 Å². The number of carbonyl (C=O) groups excluding carboxylic acids is 1. The maximum absolute atomic E-state index is 12.1. The molecule has 0 radical (unpaired) electrons. The van der Waals surface area contributed by atoms with Gasteiger partial charge in [-0.05, 0) is 43.6 Å². The van der Waals surface area contributed by atoms with Crippen molar-refractivity contribution in [2.75, 3.05) is 18.6 Å². The number of hydrogen-bond acceptors (Lipinski definition) is 3. The van der Waals surface area contributed by atoms with E-state index in [-0.39, 0.29) is 11.8 Å². The zero-order chi connectivity index (χ0) is 15.0. The molecule has 0 bridgehead atoms. The molecule has 20 heavy (non-hydrogen) atoms. The average molecular weight is 301 g/mol. The van der Waals surface area contributed by atoms with Gasteiger partial charge in [-0.15, -0.1) is 0 Å². The first-order valence-corrected chi connectivity index (χ1v) is 8.99. The van der Waals surface area contributed by atoms with Crippen LogP contribution < -0.4 is 5.32 Å². The van der Waals surface area contributed by atoms with Gasteiger partial charge >= 0.3 is 5.97 Å². The van der Waals surface area contributed by atoms with Crippen molar-refractivity contribution in [1.29, 1.82) is 0 Å². The van der Waals surface area contributed by atoms with E-state index >= 15 is 0 Å². The first-order chi connectivity index (χ1) is 9.60. The van der Waals surface area contributed by atoms with E-state index in [1.165, 1.54) is 6.42 Å². The number of rotatable bonds is 9. The minimum atomic E-state index is -0.818. The molecule has 4 nitrogen and oxygen atoms in total. The number of carboxylic acids is 1. The molecule has 0 saturated heterocycles. The van der Waals surface area contributed by atoms with Crippen LogP contribution in [0.5, 0.6) is 0 Å². The highest BCUT2D eigenvalue weighted by atomic mass is 32.2. The molecule has 1 saturated carbocycles. The Balaban J connectivity index is 2.32. The fourth-order valence-corrected chi connectivity index (χ4v) is 3.42. The van der Waals surface area contributed by atoms with Crippen LogP contribution >= 0.6 is 11.8 Å². The number of nitrogens with one attached hydrogen (secondary N) is 1. The molecule has 1 fully saturated rings. The predicted molar refractivity (Wildman–Crippen MR) is 82.9 cm³/mol. The number of hydrogen-bond donors (Lipinski definition) is 2. The second kappa shape index (κ2) is 9.27. The van der Waals surface area contributed by atoms with Gasteiger partial charge in [0.25, 0.3) is 0 Å². The largest absolute Gasteiger partial charge is 0.481 e. The van der Waals surface area contributed by atoms with Gasteiger partial charge in [-0.2, -0.15) is 11.8 Å². The Morgan fingerprint density at radius 3 is 2.50 bits per heavy atom. The van der Waals surface area contributed by atoms with Gasteiger partial charge in [0.1, 0.15) is 0 Å². The molecule has 0 heterocycles. The van der Waals surface area contributed by atoms with Gasteiger partial charge in [0.15, 0.2) is 0 Å². The molecule has 0 aromatic heterocycles. The zero-order valence-corrected chi connectivity index (χ0v) is 13.4. The summed E-state index contributed by atoms with van der Waals surface area (Å²) in [4.78, 5) is 23.4. The standard InChI is InChI=1S/C15H27NO3S/c1-3-11-9-12(13(10-11)15(18)19)14(17)16-7-5-4-6-8-20-2/h11-13H,3-10H2,1-2H3,(H,16,17)(H,18,19). The maximum atomic E-state index is 12.1. The maximum Gasteiger partial charge on any atom is 0.307 e. The van der Waals surface area contributed by atoms with Crippen LogP contribution in [0.2, 0.25) is 0 Å². The molecule has 0 spiro atoms. The number of unbranched alkanes of at least 4 members (excludes halogenated alkanes) is 2. The van der Waals surface area contributed by atoms with E-state index in [1.54, 1.807) is 0 Å². The smallest absolute Gasteiger partial charge is 0.307 e. The predicted octanol–water partition coefficient (Wildman–Crippen LogP) is 2.77. The molecular weight excluding hydrogens is 274 g/mol. The molecule has 1 rings (SSSR count). The second-order valence-corrected chi connectivity index (χ2v) is 6.63. The molecule has 0 aromatic rings. The number of carboxylic acid groups (broad SMARTS) is 1. The number of thioether (sulfide) groups is 1. The van der Waals surface area contributed by atoms with Crippen molar-refractivity contribution in [3.63, 3.8) is 0 Å². The Morgan fingerprint density at radius 1 is 1.20 bits per heavy atom. The third kappa shape index (κ3) is 5.35. The van der Waals surface area contributed by atoms with Crippen LogP contribution in [0.25, 0.3) is 0 Å². The zero-order valence-electron chi connectivity index (χ0n) is 12.6. The Labute approximate surface area is 126 Å². The summed E-state index contributed by atoms with van der Waals surface area (Å²) in [7, 11) is 0. The fourth-order valence-electron chi connectivity index (χ4n) is 2.93. The van der Waals surface area contributed by atoms with Crippen LogP contribution in [-0.2, 0) is 9.59 Å². The molecule has 0 aliphatic heterocycles. The lowest BCUT2D eigenvalue weighted by atomic mass is 9.95. The van der Waals surface area contributed by atoms with Crippen molar-refractivity contribution in [3.05, 3.63) is 0 Å². The van der Waals surface area contributed by atoms with Crippen LogP contribution in [0.3, 0.4) is 0 Å². The van der Waals surface area contributed by atoms with Crippen LogP contribution in [-0.4, -0.2) is 35.5 Å². The van der Waals surface area contributed by atoms with Gasteiger partial charge < -0.3 is 10.4 Å². The summed E-state index contributed by atoms with van der Waals surface area (Å²) in [6, 6.07) is 0. The van der Waals surface area contributed by atoms with E-state index in [0.717, 1.165) is 31.4 Å². The summed E-state index contributed by atoms with van der Waals surface area (Å²) in [5.41, 5.74) is 0. The lowest BCUT2D eigenvalue weighted by Crippen LogP contribution is -2.35. The van der Waals surface area contributed by atoms with Crippen molar-refractivity contribution < 1.29 is 14.7 Å². The van der Waals surface area contributed by atoms with Crippen molar-refractivity contribution >= 4 is 23.6 Å². The quantitative estimate of drug-likeness (QED) is 0.643. The van der Waals surface area contributed by atoms with Crippen LogP contribution in [0.4, 0.5) is 0 Å². The van der Waals surface area contributed by atoms with Crippen LogP contribution in [0.1, 0.15) is 45.4 Å². The SMILES string of the molecule is CCC1CC(C(=O)O)C(C(=O)NCCCCCSC)C1. The van der Waals surface area contributed by atoms with Gasteiger partial charge in [-0.1, -0.05) is 19.8 Å². The number of aliphatic carboxylic acids is 1. The van der Waals surface area contributed by atoms with Gasteiger partial charge in [0.2, 0.25) is 5.91 Å². The highest BCUT2D eigenvalue weighted by Gasteiger charge is 2.41. The molecule has 116 valence electrons. The molecule has 1 aliphatic rings. The molecule has 3 unspecified atom stereocenters. The molecule has 0 aromatic carbocycles. The van der Waals surface area contributed by atoms with Gasteiger partial charge in [0, 0.05) is 6.54 Å². The lowest BCUT2D eigenvalue weighted by Gasteiger charge is -2.15. The minimum absolute atomic E-state index is 0.0572. The Hall–Kier alpha value is -0.710. The highest BCUT2D eigenvalue weighted by Crippen LogP contribution is 2.38.